The lowest BCUT2D eigenvalue weighted by Crippen LogP contribution is -2.05. The Morgan fingerprint density at radius 3 is 2.83 bits per heavy atom. The fourth-order valence-corrected chi connectivity index (χ4v) is 2.03. The fraction of sp³-hybridized carbons (Fsp3) is 0.400. The minimum absolute atomic E-state index is 0.331. The minimum atomic E-state index is 0.331. The number of hydrogen-bond acceptors (Lipinski definition) is 6. The van der Waals surface area contributed by atoms with E-state index in [1.807, 2.05) is 6.92 Å². The van der Waals surface area contributed by atoms with Crippen molar-refractivity contribution in [1.29, 1.82) is 0 Å². The number of aromatic nitrogens is 5. The van der Waals surface area contributed by atoms with E-state index < -0.39 is 0 Å². The molecule has 0 fully saturated rings. The molecule has 2 rings (SSSR count). The number of nitrogens with zero attached hydrogens (tertiary/aromatic N) is 5. The van der Waals surface area contributed by atoms with Crippen LogP contribution in [0.4, 0.5) is 5.82 Å². The number of aryl methyl sites for hydroxylation is 1. The van der Waals surface area contributed by atoms with Gasteiger partial charge in [-0.05, 0) is 22.9 Å². The molecule has 8 heteroatoms. The van der Waals surface area contributed by atoms with Gasteiger partial charge in [0.15, 0.2) is 10.4 Å². The van der Waals surface area contributed by atoms with Crippen LogP contribution in [-0.4, -0.2) is 31.6 Å². The molecule has 0 amide bonds. The quantitative estimate of drug-likeness (QED) is 0.910. The smallest absolute Gasteiger partial charge is 0.157 e. The topological polar surface area (TPSA) is 91.7 Å². The van der Waals surface area contributed by atoms with E-state index in [0.29, 0.717) is 35.2 Å². The first-order valence-electron chi connectivity index (χ1n) is 5.38. The highest BCUT2D eigenvalue weighted by Gasteiger charge is 2.14. The lowest BCUT2D eigenvalue weighted by molar-refractivity contribution is 0.128. The summed E-state index contributed by atoms with van der Waals surface area (Å²) >= 11 is 3.33. The van der Waals surface area contributed by atoms with E-state index in [4.69, 9.17) is 10.5 Å². The van der Waals surface area contributed by atoms with E-state index in [1.165, 1.54) is 0 Å². The van der Waals surface area contributed by atoms with Crippen LogP contribution in [0.2, 0.25) is 0 Å². The van der Waals surface area contributed by atoms with Crippen molar-refractivity contribution in [1.82, 2.24) is 25.0 Å². The number of rotatable bonds is 4. The summed E-state index contributed by atoms with van der Waals surface area (Å²) in [4.78, 5) is 8.51. The van der Waals surface area contributed by atoms with Gasteiger partial charge in [-0.3, -0.25) is 0 Å². The van der Waals surface area contributed by atoms with Crippen molar-refractivity contribution in [3.63, 3.8) is 0 Å². The summed E-state index contributed by atoms with van der Waals surface area (Å²) in [6.45, 7) is 2.84. The van der Waals surface area contributed by atoms with Gasteiger partial charge < -0.3 is 10.5 Å². The molecule has 96 valence electrons. The third-order valence-corrected chi connectivity index (χ3v) is 2.79. The Bertz CT molecular complexity index is 536. The van der Waals surface area contributed by atoms with Crippen molar-refractivity contribution in [2.24, 2.45) is 7.05 Å². The van der Waals surface area contributed by atoms with Gasteiger partial charge in [-0.1, -0.05) is 5.21 Å². The van der Waals surface area contributed by atoms with E-state index in [9.17, 15) is 0 Å². The summed E-state index contributed by atoms with van der Waals surface area (Å²) < 4.78 is 7.51. The summed E-state index contributed by atoms with van der Waals surface area (Å²) in [6, 6.07) is 1.68. The Hall–Kier alpha value is -1.54. The Kier molecular flexibility index (Phi) is 3.87. The van der Waals surface area contributed by atoms with Gasteiger partial charge in [0.25, 0.3) is 0 Å². The number of nitrogen functional groups attached to an aromatic ring is 1. The first-order chi connectivity index (χ1) is 8.61. The molecular formula is C10H13BrN6O. The molecule has 0 aromatic carbocycles. The van der Waals surface area contributed by atoms with Gasteiger partial charge in [-0.2, -0.15) is 0 Å². The van der Waals surface area contributed by atoms with Crippen LogP contribution in [0.3, 0.4) is 0 Å². The molecule has 0 atom stereocenters. The van der Waals surface area contributed by atoms with E-state index in [1.54, 1.807) is 17.8 Å². The van der Waals surface area contributed by atoms with Gasteiger partial charge in [0.1, 0.15) is 18.1 Å². The molecular weight excluding hydrogens is 300 g/mol. The molecule has 2 heterocycles. The SMILES string of the molecule is CCOCc1nc(N)cc(-c2c(Br)nnn2C)n1. The first-order valence-corrected chi connectivity index (χ1v) is 6.17. The van der Waals surface area contributed by atoms with Gasteiger partial charge in [0.05, 0.1) is 5.69 Å². The Morgan fingerprint density at radius 1 is 1.44 bits per heavy atom. The molecule has 0 aliphatic heterocycles. The number of halogens is 1. The van der Waals surface area contributed by atoms with E-state index in [0.717, 1.165) is 5.69 Å². The Labute approximate surface area is 113 Å². The summed E-state index contributed by atoms with van der Waals surface area (Å²) in [7, 11) is 1.79. The predicted molar refractivity (Wildman–Crippen MR) is 69.5 cm³/mol. The fourth-order valence-electron chi connectivity index (χ4n) is 1.50. The molecule has 2 aromatic rings. The van der Waals surface area contributed by atoms with Crippen molar-refractivity contribution in [2.75, 3.05) is 12.3 Å². The van der Waals surface area contributed by atoms with Gasteiger partial charge >= 0.3 is 0 Å². The van der Waals surface area contributed by atoms with Crippen molar-refractivity contribution < 1.29 is 4.74 Å². The van der Waals surface area contributed by atoms with Crippen molar-refractivity contribution in [2.45, 2.75) is 13.5 Å². The maximum Gasteiger partial charge on any atom is 0.157 e. The van der Waals surface area contributed by atoms with Crippen molar-refractivity contribution >= 4 is 21.7 Å². The largest absolute Gasteiger partial charge is 0.384 e. The Morgan fingerprint density at radius 2 is 2.22 bits per heavy atom. The van der Waals surface area contributed by atoms with Crippen LogP contribution in [0, 0.1) is 0 Å². The van der Waals surface area contributed by atoms with Crippen LogP contribution in [0.1, 0.15) is 12.7 Å². The highest BCUT2D eigenvalue weighted by molar-refractivity contribution is 9.10. The number of nitrogens with two attached hydrogens (primary N) is 1. The highest BCUT2D eigenvalue weighted by Crippen LogP contribution is 2.24. The van der Waals surface area contributed by atoms with Crippen LogP contribution >= 0.6 is 15.9 Å². The molecule has 2 N–H and O–H groups in total. The molecule has 0 saturated heterocycles. The number of ether oxygens (including phenoxy) is 1. The van der Waals surface area contributed by atoms with Gasteiger partial charge in [0, 0.05) is 19.7 Å². The molecule has 2 aromatic heterocycles. The molecule has 0 saturated carbocycles. The van der Waals surface area contributed by atoms with E-state index in [2.05, 4.69) is 36.2 Å². The zero-order valence-electron chi connectivity index (χ0n) is 10.1. The second-order valence-corrected chi connectivity index (χ2v) is 4.34. The van der Waals surface area contributed by atoms with Crippen LogP contribution in [0.15, 0.2) is 10.7 Å². The Balaban J connectivity index is 2.42. The molecule has 0 unspecified atom stereocenters. The normalized spacial score (nSPS) is 10.8. The molecule has 0 spiro atoms. The van der Waals surface area contributed by atoms with Crippen molar-refractivity contribution in [3.05, 3.63) is 16.5 Å². The van der Waals surface area contributed by atoms with E-state index in [-0.39, 0.29) is 0 Å². The van der Waals surface area contributed by atoms with Gasteiger partial charge in [0.2, 0.25) is 0 Å². The van der Waals surface area contributed by atoms with Gasteiger partial charge in [-0.25, -0.2) is 14.6 Å². The summed E-state index contributed by atoms with van der Waals surface area (Å²) in [5, 5.41) is 7.81. The second kappa shape index (κ2) is 5.40. The van der Waals surface area contributed by atoms with Crippen molar-refractivity contribution in [3.8, 4) is 11.4 Å². The molecule has 0 aliphatic rings. The monoisotopic (exact) mass is 312 g/mol. The molecule has 0 bridgehead atoms. The highest BCUT2D eigenvalue weighted by atomic mass is 79.9. The standard InChI is InChI=1S/C10H13BrN6O/c1-3-18-5-8-13-6(4-7(12)14-8)9-10(11)15-16-17(9)2/h4H,3,5H2,1-2H3,(H2,12,13,14). The van der Waals surface area contributed by atoms with Gasteiger partial charge in [-0.15, -0.1) is 5.10 Å². The predicted octanol–water partition coefficient (Wildman–Crippen LogP) is 1.15. The van der Waals surface area contributed by atoms with Crippen LogP contribution in [0.5, 0.6) is 0 Å². The molecule has 0 radical (unpaired) electrons. The zero-order chi connectivity index (χ0) is 13.1. The summed E-state index contributed by atoms with van der Waals surface area (Å²) in [6.07, 6.45) is 0. The first kappa shape index (κ1) is 12.9. The maximum atomic E-state index is 5.77. The van der Waals surface area contributed by atoms with Crippen LogP contribution in [0.25, 0.3) is 11.4 Å². The molecule has 0 aliphatic carbocycles. The third kappa shape index (κ3) is 2.65. The van der Waals surface area contributed by atoms with Crippen LogP contribution in [-0.2, 0) is 18.4 Å². The number of hydrogen-bond donors (Lipinski definition) is 1. The average Bonchev–Trinajstić information content (AvgIpc) is 2.66. The molecule has 18 heavy (non-hydrogen) atoms. The number of anilines is 1. The van der Waals surface area contributed by atoms with Crippen LogP contribution < -0.4 is 5.73 Å². The third-order valence-electron chi connectivity index (χ3n) is 2.26. The average molecular weight is 313 g/mol. The maximum absolute atomic E-state index is 5.77. The molecule has 7 nitrogen and oxygen atoms in total. The minimum Gasteiger partial charge on any atom is -0.384 e. The zero-order valence-corrected chi connectivity index (χ0v) is 11.7. The van der Waals surface area contributed by atoms with E-state index >= 15 is 0 Å². The second-order valence-electron chi connectivity index (χ2n) is 3.58. The lowest BCUT2D eigenvalue weighted by atomic mass is 10.3. The summed E-state index contributed by atoms with van der Waals surface area (Å²) in [5.74, 6) is 0.933. The lowest BCUT2D eigenvalue weighted by Gasteiger charge is -2.06. The summed E-state index contributed by atoms with van der Waals surface area (Å²) in [5.41, 5.74) is 7.18.